The fourth-order valence-electron chi connectivity index (χ4n) is 4.18. The van der Waals surface area contributed by atoms with Crippen LogP contribution in [0, 0.1) is 0 Å². The van der Waals surface area contributed by atoms with Crippen molar-refractivity contribution in [2.45, 2.75) is 30.2 Å². The maximum absolute atomic E-state index is 12.1. The predicted octanol–water partition coefficient (Wildman–Crippen LogP) is 5.11. The van der Waals surface area contributed by atoms with Crippen molar-refractivity contribution in [1.82, 2.24) is 15.2 Å². The average molecular weight is 415 g/mol. The molecular weight excluding hydrogens is 398 g/mol. The van der Waals surface area contributed by atoms with E-state index in [0.29, 0.717) is 22.4 Å². The van der Waals surface area contributed by atoms with Gasteiger partial charge in [0.2, 0.25) is 0 Å². The van der Waals surface area contributed by atoms with E-state index in [4.69, 9.17) is 8.83 Å². The molecule has 0 fully saturated rings. The molecule has 1 aliphatic rings. The third-order valence-corrected chi connectivity index (χ3v) is 6.49. The minimum atomic E-state index is -0.332. The van der Waals surface area contributed by atoms with Crippen LogP contribution in [0.2, 0.25) is 0 Å². The Kier molecular flexibility index (Phi) is 4.02. The molecule has 0 atom stereocenters. The van der Waals surface area contributed by atoms with Crippen molar-refractivity contribution in [2.75, 3.05) is 0 Å². The zero-order valence-electron chi connectivity index (χ0n) is 16.0. The fraction of sp³-hybridized carbons (Fsp3) is 0.174. The number of para-hydroxylation sites is 1. The van der Waals surface area contributed by atoms with E-state index in [1.807, 2.05) is 36.5 Å². The molecule has 3 aromatic heterocycles. The first-order valence-electron chi connectivity index (χ1n) is 9.86. The van der Waals surface area contributed by atoms with Crippen molar-refractivity contribution in [1.29, 1.82) is 0 Å². The molecule has 0 aliphatic heterocycles. The zero-order valence-corrected chi connectivity index (χ0v) is 16.8. The van der Waals surface area contributed by atoms with E-state index in [0.717, 1.165) is 46.7 Å². The van der Waals surface area contributed by atoms with Gasteiger partial charge < -0.3 is 13.8 Å². The van der Waals surface area contributed by atoms with Crippen molar-refractivity contribution < 1.29 is 8.83 Å². The van der Waals surface area contributed by atoms with Crippen LogP contribution in [0.4, 0.5) is 0 Å². The van der Waals surface area contributed by atoms with Gasteiger partial charge in [0.25, 0.3) is 11.1 Å². The molecule has 2 aromatic carbocycles. The van der Waals surface area contributed by atoms with E-state index in [-0.39, 0.29) is 5.63 Å². The topological polar surface area (TPSA) is 84.9 Å². The lowest BCUT2D eigenvalue weighted by Gasteiger charge is -2.07. The number of aromatic nitrogens is 3. The largest absolute Gasteiger partial charge is 0.423 e. The van der Waals surface area contributed by atoms with Gasteiger partial charge >= 0.3 is 5.63 Å². The van der Waals surface area contributed by atoms with Crippen LogP contribution in [-0.2, 0) is 18.6 Å². The Morgan fingerprint density at radius 1 is 1.00 bits per heavy atom. The minimum absolute atomic E-state index is 0.332. The van der Waals surface area contributed by atoms with Crippen molar-refractivity contribution in [3.05, 3.63) is 75.8 Å². The van der Waals surface area contributed by atoms with Gasteiger partial charge in [0, 0.05) is 34.3 Å². The van der Waals surface area contributed by atoms with Crippen LogP contribution in [0.3, 0.4) is 0 Å². The molecule has 0 saturated heterocycles. The Morgan fingerprint density at radius 2 is 1.87 bits per heavy atom. The molecule has 0 radical (unpaired) electrons. The molecule has 0 saturated carbocycles. The number of hydrogen-bond acceptors (Lipinski definition) is 6. The van der Waals surface area contributed by atoms with Crippen LogP contribution in [-0.4, -0.2) is 15.2 Å². The standard InChI is InChI=1S/C23H17N3O3S/c27-21-10-15(17-8-13-4-3-5-14(13)9-20(17)28-21)12-30-23-26-25-22(29-23)18-11-24-19-7-2-1-6-16(18)19/h1-2,6-11,24H,3-5,12H2. The van der Waals surface area contributed by atoms with E-state index in [1.165, 1.54) is 22.9 Å². The smallest absolute Gasteiger partial charge is 0.336 e. The van der Waals surface area contributed by atoms with E-state index in [2.05, 4.69) is 21.2 Å². The Bertz CT molecular complexity index is 1460. The number of aromatic amines is 1. The van der Waals surface area contributed by atoms with E-state index >= 15 is 0 Å². The highest BCUT2D eigenvalue weighted by atomic mass is 32.2. The molecule has 3 heterocycles. The predicted molar refractivity (Wildman–Crippen MR) is 116 cm³/mol. The number of H-pyrrole nitrogens is 1. The van der Waals surface area contributed by atoms with Crippen molar-refractivity contribution in [2.24, 2.45) is 0 Å². The molecule has 30 heavy (non-hydrogen) atoms. The Labute approximate surface area is 175 Å². The number of fused-ring (bicyclic) bond motifs is 3. The number of nitrogens with one attached hydrogen (secondary N) is 1. The summed E-state index contributed by atoms with van der Waals surface area (Å²) in [6.45, 7) is 0. The first kappa shape index (κ1) is 17.5. The van der Waals surface area contributed by atoms with Gasteiger partial charge in [-0.25, -0.2) is 4.79 Å². The minimum Gasteiger partial charge on any atom is -0.423 e. The fourth-order valence-corrected chi connectivity index (χ4v) is 4.93. The summed E-state index contributed by atoms with van der Waals surface area (Å²) in [4.78, 5) is 15.3. The van der Waals surface area contributed by atoms with Crippen LogP contribution < -0.4 is 5.63 Å². The van der Waals surface area contributed by atoms with E-state index < -0.39 is 0 Å². The number of hydrogen-bond donors (Lipinski definition) is 1. The van der Waals surface area contributed by atoms with Crippen LogP contribution in [0.1, 0.15) is 23.1 Å². The first-order chi connectivity index (χ1) is 14.7. The summed E-state index contributed by atoms with van der Waals surface area (Å²) < 4.78 is 11.3. The molecule has 5 aromatic rings. The monoisotopic (exact) mass is 415 g/mol. The van der Waals surface area contributed by atoms with Gasteiger partial charge in [-0.1, -0.05) is 30.0 Å². The molecule has 148 valence electrons. The molecule has 6 nitrogen and oxygen atoms in total. The number of aryl methyl sites for hydroxylation is 2. The van der Waals surface area contributed by atoms with Crippen LogP contribution in [0.25, 0.3) is 33.3 Å². The first-order valence-corrected chi connectivity index (χ1v) is 10.8. The number of nitrogens with zero attached hydrogens (tertiary/aromatic N) is 2. The van der Waals surface area contributed by atoms with Crippen LogP contribution in [0.15, 0.2) is 67.5 Å². The lowest BCUT2D eigenvalue weighted by atomic mass is 10.0. The summed E-state index contributed by atoms with van der Waals surface area (Å²) in [5, 5.41) is 10.9. The van der Waals surface area contributed by atoms with Gasteiger partial charge in [0.05, 0.1) is 5.56 Å². The van der Waals surface area contributed by atoms with E-state index in [1.54, 1.807) is 6.07 Å². The van der Waals surface area contributed by atoms with Gasteiger partial charge in [0.15, 0.2) is 0 Å². The van der Waals surface area contributed by atoms with E-state index in [9.17, 15) is 4.79 Å². The van der Waals surface area contributed by atoms with Crippen LogP contribution >= 0.6 is 11.8 Å². The second kappa shape index (κ2) is 6.88. The third kappa shape index (κ3) is 2.93. The summed E-state index contributed by atoms with van der Waals surface area (Å²) in [7, 11) is 0. The summed E-state index contributed by atoms with van der Waals surface area (Å²) in [5.41, 5.74) is 5.79. The highest BCUT2D eigenvalue weighted by molar-refractivity contribution is 7.98. The molecule has 0 unspecified atom stereocenters. The lowest BCUT2D eigenvalue weighted by Crippen LogP contribution is -2.01. The van der Waals surface area contributed by atoms with Crippen molar-refractivity contribution >= 4 is 33.6 Å². The zero-order chi connectivity index (χ0) is 20.1. The van der Waals surface area contributed by atoms with Gasteiger partial charge in [-0.15, -0.1) is 10.2 Å². The van der Waals surface area contributed by atoms with Gasteiger partial charge in [0.1, 0.15) is 5.58 Å². The Morgan fingerprint density at radius 3 is 2.80 bits per heavy atom. The number of thioether (sulfide) groups is 1. The SMILES string of the molecule is O=c1cc(CSc2nnc(-c3c[nH]c4ccccc34)o2)c2cc3c(cc2o1)CCC3. The van der Waals surface area contributed by atoms with Gasteiger partial charge in [-0.05, 0) is 54.2 Å². The summed E-state index contributed by atoms with van der Waals surface area (Å²) in [5.74, 6) is 1.03. The van der Waals surface area contributed by atoms with Gasteiger partial charge in [-0.3, -0.25) is 0 Å². The van der Waals surface area contributed by atoms with Crippen LogP contribution in [0.5, 0.6) is 0 Å². The third-order valence-electron chi connectivity index (χ3n) is 5.62. The number of benzene rings is 2. The molecule has 0 spiro atoms. The summed E-state index contributed by atoms with van der Waals surface area (Å²) >= 11 is 1.42. The second-order valence-electron chi connectivity index (χ2n) is 7.47. The molecule has 6 rings (SSSR count). The maximum atomic E-state index is 12.1. The Balaban J connectivity index is 1.30. The van der Waals surface area contributed by atoms with Gasteiger partial charge in [-0.2, -0.15) is 0 Å². The quantitative estimate of drug-likeness (QED) is 0.324. The lowest BCUT2D eigenvalue weighted by molar-refractivity contribution is 0.466. The Hall–Kier alpha value is -3.32. The molecule has 1 aliphatic carbocycles. The molecule has 0 bridgehead atoms. The summed E-state index contributed by atoms with van der Waals surface area (Å²) in [6.07, 6.45) is 5.16. The maximum Gasteiger partial charge on any atom is 0.336 e. The summed E-state index contributed by atoms with van der Waals surface area (Å²) in [6, 6.07) is 13.7. The second-order valence-corrected chi connectivity index (χ2v) is 8.40. The average Bonchev–Trinajstić information content (AvgIpc) is 3.49. The van der Waals surface area contributed by atoms with Crippen molar-refractivity contribution in [3.8, 4) is 11.5 Å². The molecule has 0 amide bonds. The highest BCUT2D eigenvalue weighted by Crippen LogP contribution is 2.33. The molecular formula is C23H17N3O3S. The normalized spacial score (nSPS) is 13.3. The highest BCUT2D eigenvalue weighted by Gasteiger charge is 2.17. The molecule has 1 N–H and O–H groups in total. The molecule has 7 heteroatoms. The van der Waals surface area contributed by atoms with Crippen molar-refractivity contribution in [3.63, 3.8) is 0 Å². The number of rotatable bonds is 4.